The maximum absolute atomic E-state index is 10.5. The van der Waals surface area contributed by atoms with Gasteiger partial charge in [0.1, 0.15) is 17.7 Å². The quantitative estimate of drug-likeness (QED) is 0.203. The Labute approximate surface area is 204 Å². The lowest BCUT2D eigenvalue weighted by atomic mass is 10.1. The van der Waals surface area contributed by atoms with E-state index in [2.05, 4.69) is 20.6 Å². The molecule has 1 unspecified atom stereocenters. The predicted molar refractivity (Wildman–Crippen MR) is 135 cm³/mol. The van der Waals surface area contributed by atoms with Crippen molar-refractivity contribution < 1.29 is 14.3 Å². The van der Waals surface area contributed by atoms with Crippen molar-refractivity contribution in [3.05, 3.63) is 59.3 Å². The lowest BCUT2D eigenvalue weighted by Crippen LogP contribution is -2.39. The highest BCUT2D eigenvalue weighted by atomic mass is 127. The molecule has 2 heterocycles. The van der Waals surface area contributed by atoms with Gasteiger partial charge in [0.15, 0.2) is 5.96 Å². The smallest absolute Gasteiger partial charge is 0.236 e. The number of aliphatic imine (C=N–C) groups is 1. The number of nitrogens with zero attached hydrogens (tertiary/aromatic N) is 2. The molecule has 9 heteroatoms. The molecule has 1 atom stereocenters. The lowest BCUT2D eigenvalue weighted by Gasteiger charge is -2.16. The van der Waals surface area contributed by atoms with Crippen molar-refractivity contribution in [2.75, 3.05) is 13.1 Å². The Morgan fingerprint density at radius 2 is 2.00 bits per heavy atom. The molecule has 0 spiro atoms. The summed E-state index contributed by atoms with van der Waals surface area (Å²) in [5.41, 5.74) is 1.56. The number of hydrogen-bond acceptors (Lipinski definition) is 6. The summed E-state index contributed by atoms with van der Waals surface area (Å²) in [4.78, 5) is 10.0. The molecule has 7 nitrogen and oxygen atoms in total. The Morgan fingerprint density at radius 3 is 2.65 bits per heavy atom. The van der Waals surface area contributed by atoms with Crippen LogP contribution in [0.25, 0.3) is 10.8 Å². The molecule has 0 bridgehead atoms. The van der Waals surface area contributed by atoms with E-state index in [-0.39, 0.29) is 30.1 Å². The first-order valence-corrected chi connectivity index (χ1v) is 10.9. The van der Waals surface area contributed by atoms with E-state index in [1.165, 1.54) is 0 Å². The first kappa shape index (κ1) is 25.2. The highest BCUT2D eigenvalue weighted by Crippen LogP contribution is 2.23. The molecule has 0 saturated heterocycles. The average Bonchev–Trinajstić information content (AvgIpc) is 3.41. The van der Waals surface area contributed by atoms with Gasteiger partial charge in [-0.3, -0.25) is 0 Å². The van der Waals surface area contributed by atoms with Gasteiger partial charge in [0.05, 0.1) is 23.6 Å². The minimum absolute atomic E-state index is 0. The first-order valence-electron chi connectivity index (χ1n) is 10.00. The monoisotopic (exact) mass is 556 g/mol. The maximum Gasteiger partial charge on any atom is 0.236 e. The van der Waals surface area contributed by atoms with Gasteiger partial charge in [-0.1, -0.05) is 18.2 Å². The van der Waals surface area contributed by atoms with E-state index in [0.29, 0.717) is 31.5 Å². The standard InChI is InChI=1S/C22H28N4O3S.HI/c1-4-23-22(24-12-17-14-28-21(26-17)20-6-5-11-30-20)25-13-19(27)16-7-9-18(10-8-16)29-15(2)3;/h5-11,14-15,19,27H,4,12-13H2,1-3H3,(H2,23,24,25);1H. The van der Waals surface area contributed by atoms with Crippen LogP contribution in [0.1, 0.15) is 38.1 Å². The Morgan fingerprint density at radius 1 is 1.23 bits per heavy atom. The van der Waals surface area contributed by atoms with Crippen LogP contribution in [0.4, 0.5) is 0 Å². The minimum Gasteiger partial charge on any atom is -0.491 e. The summed E-state index contributed by atoms with van der Waals surface area (Å²) in [6.45, 7) is 7.37. The SMILES string of the molecule is CCNC(=NCc1coc(-c2cccs2)n1)NCC(O)c1ccc(OC(C)C)cc1.I. The van der Waals surface area contributed by atoms with Gasteiger partial charge >= 0.3 is 0 Å². The molecule has 0 aliphatic rings. The normalized spacial score (nSPS) is 12.4. The predicted octanol–water partition coefficient (Wildman–Crippen LogP) is 4.60. The minimum atomic E-state index is -0.667. The summed E-state index contributed by atoms with van der Waals surface area (Å²) >= 11 is 1.58. The third-order valence-electron chi connectivity index (χ3n) is 4.13. The van der Waals surface area contributed by atoms with Crippen LogP contribution < -0.4 is 15.4 Å². The molecule has 3 N–H and O–H groups in total. The Hall–Kier alpha value is -2.11. The summed E-state index contributed by atoms with van der Waals surface area (Å²) in [6.07, 6.45) is 1.07. The average molecular weight is 556 g/mol. The van der Waals surface area contributed by atoms with Crippen molar-refractivity contribution >= 4 is 41.3 Å². The maximum atomic E-state index is 10.5. The molecule has 2 aromatic heterocycles. The summed E-state index contributed by atoms with van der Waals surface area (Å²) in [5.74, 6) is 2.00. The molecule has 0 aliphatic carbocycles. The fourth-order valence-electron chi connectivity index (χ4n) is 2.75. The Kier molecular flexibility index (Phi) is 10.3. The third kappa shape index (κ3) is 7.82. The number of oxazole rings is 1. The third-order valence-corrected chi connectivity index (χ3v) is 4.98. The number of rotatable bonds is 9. The number of hydrogen-bond donors (Lipinski definition) is 3. The number of guanidine groups is 1. The number of nitrogens with one attached hydrogen (secondary N) is 2. The molecule has 0 aliphatic heterocycles. The molecule has 3 aromatic rings. The van der Waals surface area contributed by atoms with Gasteiger partial charge in [0.25, 0.3) is 0 Å². The van der Waals surface area contributed by atoms with Crippen LogP contribution in [0.15, 0.2) is 57.5 Å². The van der Waals surface area contributed by atoms with Crippen LogP contribution in [-0.2, 0) is 6.54 Å². The van der Waals surface area contributed by atoms with Gasteiger partial charge in [-0.25, -0.2) is 9.98 Å². The van der Waals surface area contributed by atoms with E-state index >= 15 is 0 Å². The summed E-state index contributed by atoms with van der Waals surface area (Å²) in [6, 6.07) is 11.4. The highest BCUT2D eigenvalue weighted by Gasteiger charge is 2.10. The van der Waals surface area contributed by atoms with Crippen molar-refractivity contribution in [2.24, 2.45) is 4.99 Å². The van der Waals surface area contributed by atoms with Crippen LogP contribution >= 0.6 is 35.3 Å². The molecule has 0 fully saturated rings. The fourth-order valence-corrected chi connectivity index (χ4v) is 3.40. The number of aromatic nitrogens is 1. The van der Waals surface area contributed by atoms with E-state index in [1.54, 1.807) is 17.6 Å². The van der Waals surface area contributed by atoms with Gasteiger partial charge < -0.3 is 24.9 Å². The molecular weight excluding hydrogens is 527 g/mol. The largest absolute Gasteiger partial charge is 0.491 e. The van der Waals surface area contributed by atoms with E-state index in [9.17, 15) is 5.11 Å². The molecule has 0 amide bonds. The van der Waals surface area contributed by atoms with Crippen LogP contribution in [0, 0.1) is 0 Å². The second-order valence-corrected chi connectivity index (χ2v) is 7.90. The molecule has 31 heavy (non-hydrogen) atoms. The van der Waals surface area contributed by atoms with Crippen molar-refractivity contribution in [3.8, 4) is 16.5 Å². The Bertz CT molecular complexity index is 927. The molecular formula is C22H29IN4O3S. The van der Waals surface area contributed by atoms with Gasteiger partial charge in [-0.05, 0) is 49.9 Å². The number of thiophene rings is 1. The van der Waals surface area contributed by atoms with Crippen LogP contribution in [0.5, 0.6) is 5.75 Å². The molecule has 0 radical (unpaired) electrons. The van der Waals surface area contributed by atoms with E-state index in [0.717, 1.165) is 21.9 Å². The lowest BCUT2D eigenvalue weighted by molar-refractivity contribution is 0.180. The van der Waals surface area contributed by atoms with Gasteiger partial charge in [0.2, 0.25) is 5.89 Å². The zero-order chi connectivity index (χ0) is 21.3. The molecule has 0 saturated carbocycles. The summed E-state index contributed by atoms with van der Waals surface area (Å²) in [7, 11) is 0. The topological polar surface area (TPSA) is 91.9 Å². The van der Waals surface area contributed by atoms with E-state index in [4.69, 9.17) is 9.15 Å². The van der Waals surface area contributed by atoms with Crippen LogP contribution in [-0.4, -0.2) is 35.2 Å². The number of halogens is 1. The first-order chi connectivity index (χ1) is 14.5. The number of ether oxygens (including phenoxy) is 1. The number of aliphatic hydroxyl groups is 1. The van der Waals surface area contributed by atoms with Gasteiger partial charge in [-0.2, -0.15) is 0 Å². The Balaban J connectivity index is 0.00000341. The summed E-state index contributed by atoms with van der Waals surface area (Å²) in [5, 5.41) is 18.8. The van der Waals surface area contributed by atoms with Crippen LogP contribution in [0.3, 0.4) is 0 Å². The fraction of sp³-hybridized carbons (Fsp3) is 0.364. The molecule has 3 rings (SSSR count). The number of aliphatic hydroxyl groups excluding tert-OH is 1. The van der Waals surface area contributed by atoms with Gasteiger partial charge in [0, 0.05) is 13.1 Å². The van der Waals surface area contributed by atoms with Crippen molar-refractivity contribution in [1.29, 1.82) is 0 Å². The van der Waals surface area contributed by atoms with Crippen molar-refractivity contribution in [2.45, 2.75) is 39.5 Å². The van der Waals surface area contributed by atoms with E-state index < -0.39 is 6.10 Å². The van der Waals surface area contributed by atoms with Crippen molar-refractivity contribution in [3.63, 3.8) is 0 Å². The van der Waals surface area contributed by atoms with Crippen molar-refractivity contribution in [1.82, 2.24) is 15.6 Å². The van der Waals surface area contributed by atoms with Gasteiger partial charge in [-0.15, -0.1) is 35.3 Å². The number of benzene rings is 1. The molecule has 1 aromatic carbocycles. The van der Waals surface area contributed by atoms with Crippen LogP contribution in [0.2, 0.25) is 0 Å². The van der Waals surface area contributed by atoms with E-state index in [1.807, 2.05) is 62.5 Å². The second-order valence-electron chi connectivity index (χ2n) is 6.95. The zero-order valence-corrected chi connectivity index (χ0v) is 21.0. The second kappa shape index (κ2) is 12.7. The summed E-state index contributed by atoms with van der Waals surface area (Å²) < 4.78 is 11.2. The highest BCUT2D eigenvalue weighted by molar-refractivity contribution is 14.0. The molecule has 168 valence electrons. The zero-order valence-electron chi connectivity index (χ0n) is 17.9.